The Morgan fingerprint density at radius 1 is 1.09 bits per heavy atom. The first kappa shape index (κ1) is 21.1. The number of aryl methyl sites for hydroxylation is 1. The van der Waals surface area contributed by atoms with Gasteiger partial charge in [0, 0.05) is 18.8 Å². The van der Waals surface area contributed by atoms with Gasteiger partial charge in [-0.1, -0.05) is 37.3 Å². The molecule has 4 rings (SSSR count). The molecule has 2 N–H and O–H groups in total. The number of carbonyl (C=O) groups is 1. The number of hydrogen-bond acceptors (Lipinski definition) is 5. The van der Waals surface area contributed by atoms with Crippen LogP contribution in [-0.4, -0.2) is 27.7 Å². The van der Waals surface area contributed by atoms with E-state index in [1.807, 2.05) is 24.3 Å². The Labute approximate surface area is 184 Å². The van der Waals surface area contributed by atoms with E-state index in [4.69, 9.17) is 4.74 Å². The number of hydrogen-bond donors (Lipinski definition) is 2. The lowest BCUT2D eigenvalue weighted by Gasteiger charge is -2.15. The van der Waals surface area contributed by atoms with E-state index in [-0.39, 0.29) is 17.8 Å². The predicted octanol–water partition coefficient (Wildman–Crippen LogP) is 3.59. The summed E-state index contributed by atoms with van der Waals surface area (Å²) in [6, 6.07) is 18.0. The minimum atomic E-state index is -0.666. The van der Waals surface area contributed by atoms with Gasteiger partial charge in [-0.3, -0.25) is 14.2 Å². The molecular formula is C25H23N3O4. The van der Waals surface area contributed by atoms with Crippen molar-refractivity contribution in [1.29, 1.82) is 0 Å². The number of methoxy groups -OCH3 is 1. The lowest BCUT2D eigenvalue weighted by molar-refractivity contribution is 0.0946. The lowest BCUT2D eigenvalue weighted by atomic mass is 10.1. The molecule has 0 aliphatic rings. The van der Waals surface area contributed by atoms with Crippen LogP contribution < -0.4 is 15.6 Å². The standard InChI is InChI=1S/C25H23N3O4/c1-3-16-9-11-17(12-10-16)15-27-24(30)21-22(29)20-8-5-13-26-23(20)28(25(21)31)18-6-4-7-19(14-18)32-2/h4-14,29H,3,15H2,1-2H3,(H,27,30). The molecule has 0 bridgehead atoms. The third-order valence-corrected chi connectivity index (χ3v) is 5.33. The van der Waals surface area contributed by atoms with E-state index in [1.165, 1.54) is 23.4 Å². The van der Waals surface area contributed by atoms with Crippen molar-refractivity contribution in [1.82, 2.24) is 14.9 Å². The van der Waals surface area contributed by atoms with E-state index >= 15 is 0 Å². The first-order valence-corrected chi connectivity index (χ1v) is 10.3. The van der Waals surface area contributed by atoms with Crippen molar-refractivity contribution in [3.8, 4) is 17.2 Å². The average Bonchev–Trinajstić information content (AvgIpc) is 2.83. The lowest BCUT2D eigenvalue weighted by Crippen LogP contribution is -2.33. The maximum atomic E-state index is 13.4. The number of fused-ring (bicyclic) bond motifs is 1. The minimum absolute atomic E-state index is 0.228. The molecule has 4 aromatic rings. The van der Waals surface area contributed by atoms with Gasteiger partial charge in [0.2, 0.25) is 0 Å². The molecule has 0 fully saturated rings. The molecule has 0 spiro atoms. The Morgan fingerprint density at radius 3 is 2.56 bits per heavy atom. The number of amides is 1. The van der Waals surface area contributed by atoms with Gasteiger partial charge in [0.25, 0.3) is 11.5 Å². The monoisotopic (exact) mass is 429 g/mol. The van der Waals surface area contributed by atoms with E-state index in [9.17, 15) is 14.7 Å². The number of rotatable bonds is 6. The van der Waals surface area contributed by atoms with Crippen LogP contribution in [0.5, 0.6) is 11.5 Å². The van der Waals surface area contributed by atoms with Crippen molar-refractivity contribution in [2.24, 2.45) is 0 Å². The Hall–Kier alpha value is -4.13. The number of aromatic nitrogens is 2. The molecule has 0 saturated carbocycles. The van der Waals surface area contributed by atoms with Crippen molar-refractivity contribution in [2.75, 3.05) is 7.11 Å². The molecule has 32 heavy (non-hydrogen) atoms. The van der Waals surface area contributed by atoms with Gasteiger partial charge in [0.05, 0.1) is 18.2 Å². The van der Waals surface area contributed by atoms with Gasteiger partial charge in [-0.2, -0.15) is 0 Å². The van der Waals surface area contributed by atoms with Gasteiger partial charge in [-0.25, -0.2) is 4.98 Å². The van der Waals surface area contributed by atoms with Gasteiger partial charge < -0.3 is 15.2 Å². The maximum absolute atomic E-state index is 13.4. The molecule has 2 aromatic carbocycles. The highest BCUT2D eigenvalue weighted by atomic mass is 16.5. The highest BCUT2D eigenvalue weighted by Crippen LogP contribution is 2.27. The summed E-state index contributed by atoms with van der Waals surface area (Å²) in [4.78, 5) is 30.7. The van der Waals surface area contributed by atoms with Crippen molar-refractivity contribution >= 4 is 16.9 Å². The largest absolute Gasteiger partial charge is 0.506 e. The van der Waals surface area contributed by atoms with Crippen LogP contribution >= 0.6 is 0 Å². The van der Waals surface area contributed by atoms with E-state index in [0.717, 1.165) is 12.0 Å². The molecule has 1 amide bonds. The molecule has 0 aliphatic carbocycles. The molecule has 0 aliphatic heterocycles. The molecule has 2 heterocycles. The third kappa shape index (κ3) is 3.92. The first-order valence-electron chi connectivity index (χ1n) is 10.3. The fourth-order valence-electron chi connectivity index (χ4n) is 3.56. The second-order valence-electron chi connectivity index (χ2n) is 7.29. The highest BCUT2D eigenvalue weighted by molar-refractivity contribution is 6.02. The van der Waals surface area contributed by atoms with Crippen LogP contribution in [0.3, 0.4) is 0 Å². The van der Waals surface area contributed by atoms with Gasteiger partial charge in [-0.15, -0.1) is 0 Å². The summed E-state index contributed by atoms with van der Waals surface area (Å²) in [6.45, 7) is 2.30. The zero-order chi connectivity index (χ0) is 22.7. The number of nitrogens with one attached hydrogen (secondary N) is 1. The average molecular weight is 429 g/mol. The maximum Gasteiger partial charge on any atom is 0.273 e. The SMILES string of the molecule is CCc1ccc(CNC(=O)c2c(O)c3cccnc3n(-c3cccc(OC)c3)c2=O)cc1. The van der Waals surface area contributed by atoms with Gasteiger partial charge in [-0.05, 0) is 41.8 Å². The molecule has 2 aromatic heterocycles. The first-order chi connectivity index (χ1) is 15.5. The molecule has 0 unspecified atom stereocenters. The van der Waals surface area contributed by atoms with Crippen LogP contribution in [0.4, 0.5) is 0 Å². The molecule has 162 valence electrons. The normalized spacial score (nSPS) is 10.8. The number of ether oxygens (including phenoxy) is 1. The van der Waals surface area contributed by atoms with Crippen molar-refractivity contribution in [3.63, 3.8) is 0 Å². The fraction of sp³-hybridized carbons (Fsp3) is 0.160. The van der Waals surface area contributed by atoms with Crippen LogP contribution in [-0.2, 0) is 13.0 Å². The smallest absolute Gasteiger partial charge is 0.273 e. The van der Waals surface area contributed by atoms with Gasteiger partial charge in [0.1, 0.15) is 17.1 Å². The summed E-state index contributed by atoms with van der Waals surface area (Å²) >= 11 is 0. The number of nitrogens with zero attached hydrogens (tertiary/aromatic N) is 2. The van der Waals surface area contributed by atoms with Crippen LogP contribution in [0.2, 0.25) is 0 Å². The molecule has 7 nitrogen and oxygen atoms in total. The Morgan fingerprint density at radius 2 is 1.84 bits per heavy atom. The third-order valence-electron chi connectivity index (χ3n) is 5.33. The summed E-state index contributed by atoms with van der Waals surface area (Å²) in [5, 5.41) is 13.8. The van der Waals surface area contributed by atoms with Crippen molar-refractivity contribution in [2.45, 2.75) is 19.9 Å². The topological polar surface area (TPSA) is 93.5 Å². The van der Waals surface area contributed by atoms with Crippen LogP contribution in [0, 0.1) is 0 Å². The van der Waals surface area contributed by atoms with Crippen LogP contribution in [0.25, 0.3) is 16.7 Å². The minimum Gasteiger partial charge on any atom is -0.506 e. The molecular weight excluding hydrogens is 406 g/mol. The van der Waals surface area contributed by atoms with E-state index in [2.05, 4.69) is 17.2 Å². The number of benzene rings is 2. The summed E-state index contributed by atoms with van der Waals surface area (Å²) in [6.07, 6.45) is 2.45. The zero-order valence-corrected chi connectivity index (χ0v) is 17.8. The molecule has 0 radical (unpaired) electrons. The van der Waals surface area contributed by atoms with E-state index in [1.54, 1.807) is 36.4 Å². The Kier molecular flexibility index (Phi) is 5.89. The number of carbonyl (C=O) groups excluding carboxylic acids is 1. The second-order valence-corrected chi connectivity index (χ2v) is 7.29. The zero-order valence-electron chi connectivity index (χ0n) is 17.8. The van der Waals surface area contributed by atoms with Crippen LogP contribution in [0.1, 0.15) is 28.4 Å². The van der Waals surface area contributed by atoms with E-state index in [0.29, 0.717) is 16.8 Å². The number of aromatic hydroxyl groups is 1. The van der Waals surface area contributed by atoms with Crippen molar-refractivity contribution in [3.05, 3.63) is 93.9 Å². The van der Waals surface area contributed by atoms with E-state index < -0.39 is 17.2 Å². The second kappa shape index (κ2) is 8.93. The van der Waals surface area contributed by atoms with Crippen LogP contribution in [0.15, 0.2) is 71.7 Å². The van der Waals surface area contributed by atoms with Crippen molar-refractivity contribution < 1.29 is 14.6 Å². The Balaban J connectivity index is 1.78. The quantitative estimate of drug-likeness (QED) is 0.489. The predicted molar refractivity (Wildman–Crippen MR) is 123 cm³/mol. The fourth-order valence-corrected chi connectivity index (χ4v) is 3.56. The summed E-state index contributed by atoms with van der Waals surface area (Å²) in [5.74, 6) is -0.501. The summed E-state index contributed by atoms with van der Waals surface area (Å²) in [7, 11) is 1.53. The Bertz CT molecular complexity index is 1340. The molecule has 0 saturated heterocycles. The summed E-state index contributed by atoms with van der Waals surface area (Å²) < 4.78 is 6.58. The molecule has 7 heteroatoms. The van der Waals surface area contributed by atoms with Gasteiger partial charge >= 0.3 is 0 Å². The molecule has 0 atom stereocenters. The highest BCUT2D eigenvalue weighted by Gasteiger charge is 2.23. The van der Waals surface area contributed by atoms with Gasteiger partial charge in [0.15, 0.2) is 5.65 Å². The number of pyridine rings is 2. The summed E-state index contributed by atoms with van der Waals surface area (Å²) in [5.41, 5.74) is 1.81.